The highest BCUT2D eigenvalue weighted by atomic mass is 16.5. The fourth-order valence-electron chi connectivity index (χ4n) is 1.04. The molecule has 0 aliphatic heterocycles. The highest BCUT2D eigenvalue weighted by Crippen LogP contribution is 1.98. The molecule has 0 aromatic heterocycles. The lowest BCUT2D eigenvalue weighted by atomic mass is 10.3. The molecule has 0 aromatic rings. The van der Waals surface area contributed by atoms with E-state index in [1.807, 2.05) is 6.92 Å². The summed E-state index contributed by atoms with van der Waals surface area (Å²) in [7, 11) is 2.81. The van der Waals surface area contributed by atoms with Crippen LogP contribution < -0.4 is 5.32 Å². The van der Waals surface area contributed by atoms with Crippen molar-refractivity contribution in [3.8, 4) is 0 Å². The number of rotatable bonds is 6. The van der Waals surface area contributed by atoms with Crippen LogP contribution in [0.5, 0.6) is 0 Å². The standard InChI is InChI=1S/C12H20N2O5/c1-5-13-12(17)14(3)9(2)8-19-11(16)7-6-10(15)18-4/h6-7,9H,5,8H2,1-4H3,(H,13,17)/b7-6+/t9-/m0/s1. The molecule has 0 aliphatic carbocycles. The van der Waals surface area contributed by atoms with E-state index in [0.717, 1.165) is 12.2 Å². The third kappa shape index (κ3) is 7.07. The minimum Gasteiger partial charge on any atom is -0.466 e. The Labute approximate surface area is 112 Å². The van der Waals surface area contributed by atoms with Gasteiger partial charge in [0.15, 0.2) is 0 Å². The van der Waals surface area contributed by atoms with Crippen LogP contribution in [0.3, 0.4) is 0 Å². The van der Waals surface area contributed by atoms with Crippen molar-refractivity contribution in [1.29, 1.82) is 0 Å². The van der Waals surface area contributed by atoms with Crippen LogP contribution in [0.25, 0.3) is 0 Å². The number of amides is 2. The summed E-state index contributed by atoms with van der Waals surface area (Å²) in [5.41, 5.74) is 0. The van der Waals surface area contributed by atoms with Gasteiger partial charge in [-0.1, -0.05) is 0 Å². The van der Waals surface area contributed by atoms with Crippen molar-refractivity contribution < 1.29 is 23.9 Å². The first-order valence-corrected chi connectivity index (χ1v) is 5.85. The molecule has 0 heterocycles. The number of ether oxygens (including phenoxy) is 2. The van der Waals surface area contributed by atoms with E-state index in [4.69, 9.17) is 4.74 Å². The van der Waals surface area contributed by atoms with E-state index in [1.54, 1.807) is 14.0 Å². The molecule has 19 heavy (non-hydrogen) atoms. The maximum absolute atomic E-state index is 11.5. The van der Waals surface area contributed by atoms with Crippen molar-refractivity contribution >= 4 is 18.0 Å². The van der Waals surface area contributed by atoms with Gasteiger partial charge in [-0.15, -0.1) is 0 Å². The first kappa shape index (κ1) is 16.9. The second kappa shape index (κ2) is 8.96. The summed E-state index contributed by atoms with van der Waals surface area (Å²) in [5.74, 6) is -1.30. The number of nitrogens with zero attached hydrogens (tertiary/aromatic N) is 1. The Balaban J connectivity index is 4.11. The predicted octanol–water partition coefficient (Wildman–Crippen LogP) is 0.309. The van der Waals surface area contributed by atoms with Crippen LogP contribution >= 0.6 is 0 Å². The molecule has 1 N–H and O–H groups in total. The van der Waals surface area contributed by atoms with Crippen molar-refractivity contribution in [1.82, 2.24) is 10.2 Å². The minimum atomic E-state index is -0.665. The SMILES string of the molecule is CCNC(=O)N(C)[C@@H](C)COC(=O)/C=C/C(=O)OC. The Morgan fingerprint density at radius 3 is 2.37 bits per heavy atom. The number of carbonyl (C=O) groups excluding carboxylic acids is 3. The number of likely N-dealkylation sites (N-methyl/N-ethyl adjacent to an activating group) is 1. The molecule has 0 aliphatic rings. The van der Waals surface area contributed by atoms with Crippen molar-refractivity contribution in [3.05, 3.63) is 12.2 Å². The molecule has 0 saturated carbocycles. The highest BCUT2D eigenvalue weighted by molar-refractivity contribution is 5.91. The summed E-state index contributed by atoms with van der Waals surface area (Å²) < 4.78 is 9.22. The Morgan fingerprint density at radius 1 is 1.26 bits per heavy atom. The number of hydrogen-bond acceptors (Lipinski definition) is 5. The zero-order valence-corrected chi connectivity index (χ0v) is 11.6. The summed E-state index contributed by atoms with van der Waals surface area (Å²) in [6.07, 6.45) is 1.95. The van der Waals surface area contributed by atoms with Crippen molar-refractivity contribution in [2.24, 2.45) is 0 Å². The largest absolute Gasteiger partial charge is 0.466 e. The number of methoxy groups -OCH3 is 1. The average molecular weight is 272 g/mol. The van der Waals surface area contributed by atoms with Gasteiger partial charge >= 0.3 is 18.0 Å². The Kier molecular flexibility index (Phi) is 7.99. The lowest BCUT2D eigenvalue weighted by Crippen LogP contribution is -2.44. The number of carbonyl (C=O) groups is 3. The minimum absolute atomic E-state index is 0.0397. The van der Waals surface area contributed by atoms with Crippen LogP contribution in [0.4, 0.5) is 4.79 Å². The zero-order chi connectivity index (χ0) is 14.8. The fraction of sp³-hybridized carbons (Fsp3) is 0.583. The second-order valence-electron chi connectivity index (χ2n) is 3.78. The maximum Gasteiger partial charge on any atom is 0.331 e. The van der Waals surface area contributed by atoms with Crippen LogP contribution in [0.15, 0.2) is 12.2 Å². The average Bonchev–Trinajstić information content (AvgIpc) is 2.41. The molecular weight excluding hydrogens is 252 g/mol. The smallest absolute Gasteiger partial charge is 0.331 e. The van der Waals surface area contributed by atoms with Gasteiger partial charge in [0, 0.05) is 25.7 Å². The van der Waals surface area contributed by atoms with E-state index in [2.05, 4.69) is 10.1 Å². The third-order valence-corrected chi connectivity index (χ3v) is 2.33. The van der Waals surface area contributed by atoms with Gasteiger partial charge in [0.05, 0.1) is 13.2 Å². The summed E-state index contributed by atoms with van der Waals surface area (Å²) in [6.45, 7) is 4.12. The van der Waals surface area contributed by atoms with Crippen LogP contribution in [-0.4, -0.2) is 56.2 Å². The monoisotopic (exact) mass is 272 g/mol. The van der Waals surface area contributed by atoms with Crippen molar-refractivity contribution in [3.63, 3.8) is 0 Å². The van der Waals surface area contributed by atoms with Gasteiger partial charge < -0.3 is 19.7 Å². The molecule has 7 nitrogen and oxygen atoms in total. The first-order chi connectivity index (χ1) is 8.92. The molecule has 0 bridgehead atoms. The van der Waals surface area contributed by atoms with E-state index in [0.29, 0.717) is 6.54 Å². The molecule has 0 spiro atoms. The van der Waals surface area contributed by atoms with E-state index < -0.39 is 11.9 Å². The fourth-order valence-corrected chi connectivity index (χ4v) is 1.04. The molecule has 0 rings (SSSR count). The highest BCUT2D eigenvalue weighted by Gasteiger charge is 2.16. The van der Waals surface area contributed by atoms with Gasteiger partial charge in [-0.2, -0.15) is 0 Å². The molecule has 0 saturated heterocycles. The molecule has 0 radical (unpaired) electrons. The van der Waals surface area contributed by atoms with Crippen LogP contribution in [0.2, 0.25) is 0 Å². The number of esters is 2. The Hall–Kier alpha value is -2.05. The quantitative estimate of drug-likeness (QED) is 0.555. The Bertz CT molecular complexity index is 354. The number of nitrogens with one attached hydrogen (secondary N) is 1. The van der Waals surface area contributed by atoms with Gasteiger partial charge in [-0.25, -0.2) is 14.4 Å². The summed E-state index contributed by atoms with van der Waals surface area (Å²) >= 11 is 0. The molecule has 1 atom stereocenters. The molecule has 7 heteroatoms. The first-order valence-electron chi connectivity index (χ1n) is 5.85. The van der Waals surface area contributed by atoms with Gasteiger partial charge in [0.1, 0.15) is 6.61 Å². The van der Waals surface area contributed by atoms with Crippen LogP contribution in [0, 0.1) is 0 Å². The van der Waals surface area contributed by atoms with E-state index in [-0.39, 0.29) is 18.7 Å². The van der Waals surface area contributed by atoms with E-state index in [9.17, 15) is 14.4 Å². The normalized spacial score (nSPS) is 11.8. The zero-order valence-electron chi connectivity index (χ0n) is 11.6. The number of hydrogen-bond donors (Lipinski definition) is 1. The van der Waals surface area contributed by atoms with Crippen molar-refractivity contribution in [2.45, 2.75) is 19.9 Å². The maximum atomic E-state index is 11.5. The molecule has 0 aromatic carbocycles. The molecular formula is C12H20N2O5. The Morgan fingerprint density at radius 2 is 1.84 bits per heavy atom. The van der Waals surface area contributed by atoms with Gasteiger partial charge in [0.25, 0.3) is 0 Å². The molecule has 108 valence electrons. The second-order valence-corrected chi connectivity index (χ2v) is 3.78. The predicted molar refractivity (Wildman–Crippen MR) is 68.4 cm³/mol. The summed E-state index contributed by atoms with van der Waals surface area (Å²) in [4.78, 5) is 34.9. The van der Waals surface area contributed by atoms with Gasteiger partial charge in [-0.3, -0.25) is 0 Å². The van der Waals surface area contributed by atoms with Crippen molar-refractivity contribution in [2.75, 3.05) is 27.3 Å². The van der Waals surface area contributed by atoms with Gasteiger partial charge in [-0.05, 0) is 13.8 Å². The topological polar surface area (TPSA) is 84.9 Å². The van der Waals surface area contributed by atoms with Gasteiger partial charge in [0.2, 0.25) is 0 Å². The molecule has 0 unspecified atom stereocenters. The van der Waals surface area contributed by atoms with Crippen LogP contribution in [0.1, 0.15) is 13.8 Å². The third-order valence-electron chi connectivity index (χ3n) is 2.33. The number of urea groups is 1. The molecule has 2 amide bonds. The lowest BCUT2D eigenvalue weighted by Gasteiger charge is -2.24. The lowest BCUT2D eigenvalue weighted by molar-refractivity contribution is -0.140. The molecule has 0 fully saturated rings. The van der Waals surface area contributed by atoms with E-state index in [1.165, 1.54) is 12.0 Å². The van der Waals surface area contributed by atoms with Crippen LogP contribution in [-0.2, 0) is 19.1 Å². The summed E-state index contributed by atoms with van der Waals surface area (Å²) in [5, 5.41) is 2.63. The summed E-state index contributed by atoms with van der Waals surface area (Å²) in [6, 6.07) is -0.516. The van der Waals surface area contributed by atoms with E-state index >= 15 is 0 Å².